The molecule has 2 rings (SSSR count). The topological polar surface area (TPSA) is 70.0 Å². The highest BCUT2D eigenvalue weighted by Gasteiger charge is 2.35. The second-order valence-corrected chi connectivity index (χ2v) is 8.82. The van der Waals surface area contributed by atoms with Gasteiger partial charge in [0.2, 0.25) is 0 Å². The zero-order valence-corrected chi connectivity index (χ0v) is 15.7. The fourth-order valence-corrected chi connectivity index (χ4v) is 4.44. The minimum atomic E-state index is -3.45. The Balaban J connectivity index is 2.71. The summed E-state index contributed by atoms with van der Waals surface area (Å²) in [5.74, 6) is -0.178. The lowest BCUT2D eigenvalue weighted by Crippen LogP contribution is -2.29. The number of allylic oxidation sites excluding steroid dienone is 4. The molecule has 1 aromatic carbocycles. The number of nitrogens with zero attached hydrogens (tertiary/aromatic N) is 1. The summed E-state index contributed by atoms with van der Waals surface area (Å²) >= 11 is 0. The highest BCUT2D eigenvalue weighted by molar-refractivity contribution is 7.94. The van der Waals surface area contributed by atoms with Crippen molar-refractivity contribution in [2.45, 2.75) is 40.0 Å². The molecule has 1 aromatic rings. The van der Waals surface area contributed by atoms with Gasteiger partial charge in [0.15, 0.2) is 9.84 Å². The predicted octanol–water partition coefficient (Wildman–Crippen LogP) is 3.78. The van der Waals surface area contributed by atoms with Crippen LogP contribution in [0.3, 0.4) is 0 Å². The van der Waals surface area contributed by atoms with Gasteiger partial charge in [0.25, 0.3) is 0 Å². The number of sulfone groups is 1. The van der Waals surface area contributed by atoms with Crippen LogP contribution in [-0.2, 0) is 9.84 Å². The van der Waals surface area contributed by atoms with E-state index in [1.807, 2.05) is 31.2 Å². The normalized spacial score (nSPS) is 18.6. The molecule has 4 nitrogen and oxygen atoms in total. The first-order chi connectivity index (χ1) is 11.1. The molecule has 1 heterocycles. The fraction of sp³-hybridized carbons (Fsp3) is 0.421. The van der Waals surface area contributed by atoms with Gasteiger partial charge in [-0.25, -0.2) is 8.42 Å². The molecule has 0 amide bonds. The van der Waals surface area contributed by atoms with Gasteiger partial charge in [0, 0.05) is 17.6 Å². The van der Waals surface area contributed by atoms with Gasteiger partial charge in [-0.2, -0.15) is 5.26 Å². The van der Waals surface area contributed by atoms with Crippen molar-refractivity contribution in [2.75, 3.05) is 6.26 Å². The summed E-state index contributed by atoms with van der Waals surface area (Å²) < 4.78 is 24.8. The number of benzene rings is 1. The Morgan fingerprint density at radius 3 is 2.25 bits per heavy atom. The van der Waals surface area contributed by atoms with E-state index in [0.717, 1.165) is 16.8 Å². The van der Waals surface area contributed by atoms with Crippen molar-refractivity contribution < 1.29 is 8.42 Å². The van der Waals surface area contributed by atoms with Crippen LogP contribution in [-0.4, -0.2) is 14.7 Å². The molecular formula is C19H24N2O2S. The lowest BCUT2D eigenvalue weighted by Gasteiger charge is -2.30. The van der Waals surface area contributed by atoms with Crippen molar-refractivity contribution in [1.29, 1.82) is 5.26 Å². The number of rotatable bonds is 4. The largest absolute Gasteiger partial charge is 0.361 e. The summed E-state index contributed by atoms with van der Waals surface area (Å²) in [5, 5.41) is 12.9. The van der Waals surface area contributed by atoms with Gasteiger partial charge >= 0.3 is 0 Å². The molecule has 1 atom stereocenters. The van der Waals surface area contributed by atoms with Crippen LogP contribution in [0.1, 0.15) is 44.2 Å². The van der Waals surface area contributed by atoms with Crippen molar-refractivity contribution >= 4 is 9.84 Å². The molecule has 0 aliphatic carbocycles. The van der Waals surface area contributed by atoms with Crippen LogP contribution < -0.4 is 5.32 Å². The smallest absolute Gasteiger partial charge is 0.174 e. The molecule has 0 aromatic heterocycles. The van der Waals surface area contributed by atoms with Crippen molar-refractivity contribution in [2.24, 2.45) is 5.92 Å². The molecule has 0 bridgehead atoms. The fourth-order valence-electron chi connectivity index (χ4n) is 3.15. The van der Waals surface area contributed by atoms with Gasteiger partial charge in [0.1, 0.15) is 0 Å². The van der Waals surface area contributed by atoms with Gasteiger partial charge in [-0.15, -0.1) is 0 Å². The minimum absolute atomic E-state index is 0.287. The maximum Gasteiger partial charge on any atom is 0.174 e. The van der Waals surface area contributed by atoms with Crippen LogP contribution in [0, 0.1) is 24.2 Å². The Morgan fingerprint density at radius 2 is 1.79 bits per heavy atom. The molecule has 0 saturated heterocycles. The van der Waals surface area contributed by atoms with Crippen molar-refractivity contribution in [1.82, 2.24) is 5.32 Å². The van der Waals surface area contributed by atoms with E-state index in [0.29, 0.717) is 23.6 Å². The Hall–Kier alpha value is -2.06. The third-order valence-corrected chi connectivity index (χ3v) is 5.47. The third kappa shape index (κ3) is 3.70. The highest BCUT2D eigenvalue weighted by atomic mass is 32.2. The predicted molar refractivity (Wildman–Crippen MR) is 96.7 cm³/mol. The Kier molecular flexibility index (Phi) is 5.19. The van der Waals surface area contributed by atoms with E-state index in [-0.39, 0.29) is 4.91 Å². The second kappa shape index (κ2) is 6.82. The van der Waals surface area contributed by atoms with Gasteiger partial charge in [-0.3, -0.25) is 0 Å². The molecule has 0 fully saturated rings. The molecule has 1 aliphatic rings. The standard InChI is InChI=1S/C19H24N2O2S/c1-12(2)10-17-16(11-20)18(15-8-6-13(3)7-9-15)19(14(4)21-17)24(5,22)23/h6-9,12,18,21H,10H2,1-5H3. The first-order valence-corrected chi connectivity index (χ1v) is 9.91. The van der Waals surface area contributed by atoms with Crippen LogP contribution in [0.15, 0.2) is 46.1 Å². The Morgan fingerprint density at radius 1 is 1.21 bits per heavy atom. The summed E-state index contributed by atoms with van der Waals surface area (Å²) in [6, 6.07) is 9.98. The first kappa shape index (κ1) is 18.3. The Bertz CT molecular complexity index is 838. The number of nitriles is 1. The lowest BCUT2D eigenvalue weighted by atomic mass is 9.85. The number of dihydropyridines is 1. The van der Waals surface area contributed by atoms with Crippen LogP contribution in [0.4, 0.5) is 0 Å². The summed E-state index contributed by atoms with van der Waals surface area (Å²) in [6.07, 6.45) is 1.91. The van der Waals surface area contributed by atoms with E-state index in [2.05, 4.69) is 25.2 Å². The molecule has 128 valence electrons. The summed E-state index contributed by atoms with van der Waals surface area (Å²) in [5.41, 5.74) is 3.86. The third-order valence-electron chi connectivity index (χ3n) is 4.13. The SMILES string of the molecule is CC1=C(S(C)(=O)=O)C(c2ccc(C)cc2)C(C#N)=C(CC(C)C)N1. The molecule has 1 unspecified atom stereocenters. The maximum absolute atomic E-state index is 12.4. The van der Waals surface area contributed by atoms with E-state index in [4.69, 9.17) is 0 Å². The van der Waals surface area contributed by atoms with E-state index >= 15 is 0 Å². The van der Waals surface area contributed by atoms with E-state index < -0.39 is 15.8 Å². The van der Waals surface area contributed by atoms with Gasteiger partial charge < -0.3 is 5.32 Å². The average molecular weight is 344 g/mol. The first-order valence-electron chi connectivity index (χ1n) is 8.02. The molecule has 1 aliphatic heterocycles. The second-order valence-electron chi connectivity index (χ2n) is 6.83. The lowest BCUT2D eigenvalue weighted by molar-refractivity contribution is 0.592. The van der Waals surface area contributed by atoms with Crippen LogP contribution in [0.2, 0.25) is 0 Å². The molecule has 0 spiro atoms. The highest BCUT2D eigenvalue weighted by Crippen LogP contribution is 2.41. The van der Waals surface area contributed by atoms with Crippen molar-refractivity contribution in [3.8, 4) is 6.07 Å². The zero-order chi connectivity index (χ0) is 18.1. The molecule has 1 N–H and O–H groups in total. The molecule has 0 saturated carbocycles. The van der Waals surface area contributed by atoms with Crippen molar-refractivity contribution in [3.63, 3.8) is 0 Å². The molecule has 5 heteroatoms. The number of nitrogens with one attached hydrogen (secondary N) is 1. The summed E-state index contributed by atoms with van der Waals surface area (Å²) in [6.45, 7) is 7.91. The summed E-state index contributed by atoms with van der Waals surface area (Å²) in [4.78, 5) is 0.287. The molecule has 24 heavy (non-hydrogen) atoms. The van der Waals surface area contributed by atoms with Crippen LogP contribution in [0.25, 0.3) is 0 Å². The quantitative estimate of drug-likeness (QED) is 0.902. The number of aryl methyl sites for hydroxylation is 1. The average Bonchev–Trinajstić information content (AvgIpc) is 2.45. The van der Waals surface area contributed by atoms with Gasteiger partial charge in [-0.05, 0) is 31.7 Å². The van der Waals surface area contributed by atoms with Crippen LogP contribution >= 0.6 is 0 Å². The molecular weight excluding hydrogens is 320 g/mol. The molecule has 0 radical (unpaired) electrons. The number of hydrogen-bond acceptors (Lipinski definition) is 4. The zero-order valence-electron chi connectivity index (χ0n) is 14.8. The van der Waals surface area contributed by atoms with E-state index in [9.17, 15) is 13.7 Å². The van der Waals surface area contributed by atoms with E-state index in [1.54, 1.807) is 6.92 Å². The van der Waals surface area contributed by atoms with E-state index in [1.165, 1.54) is 6.26 Å². The Labute approximate surface area is 144 Å². The van der Waals surface area contributed by atoms with Crippen molar-refractivity contribution in [3.05, 3.63) is 57.3 Å². The van der Waals surface area contributed by atoms with Gasteiger partial charge in [0.05, 0.1) is 22.5 Å². The summed E-state index contributed by atoms with van der Waals surface area (Å²) in [7, 11) is -3.45. The van der Waals surface area contributed by atoms with Crippen LogP contribution in [0.5, 0.6) is 0 Å². The minimum Gasteiger partial charge on any atom is -0.361 e. The monoisotopic (exact) mass is 344 g/mol. The number of hydrogen-bond donors (Lipinski definition) is 1. The maximum atomic E-state index is 12.4. The van der Waals surface area contributed by atoms with Gasteiger partial charge in [-0.1, -0.05) is 43.7 Å².